The van der Waals surface area contributed by atoms with Gasteiger partial charge < -0.3 is 9.31 Å². The van der Waals surface area contributed by atoms with Crippen molar-refractivity contribution in [2.75, 3.05) is 0 Å². The van der Waals surface area contributed by atoms with Gasteiger partial charge in [0, 0.05) is 17.9 Å². The van der Waals surface area contributed by atoms with E-state index in [0.717, 1.165) is 5.46 Å². The molecule has 2 rings (SSSR count). The average Bonchev–Trinajstić information content (AvgIpc) is 2.48. The Kier molecular flexibility index (Phi) is 2.72. The summed E-state index contributed by atoms with van der Waals surface area (Å²) in [4.78, 5) is 8.06. The number of hydrogen-bond donors (Lipinski definition) is 0. The highest BCUT2D eigenvalue weighted by molar-refractivity contribution is 6.61. The van der Waals surface area contributed by atoms with Gasteiger partial charge in [0.2, 0.25) is 5.82 Å². The van der Waals surface area contributed by atoms with Crippen molar-refractivity contribution in [2.24, 2.45) is 0 Å². The molecule has 0 bridgehead atoms. The number of hydrogen-bond acceptors (Lipinski definition) is 4. The lowest BCUT2D eigenvalue weighted by Crippen LogP contribution is -2.41. The second-order valence-electron chi connectivity index (χ2n) is 5.07. The standard InChI is InChI=1S/C12H15BN2O2/c1-6-10-14-7-9(8-15-10)13-16-11(2,3)12(4,5)17-13/h1,7-8H,2-5H3. The maximum absolute atomic E-state index is 5.87. The lowest BCUT2D eigenvalue weighted by Gasteiger charge is -2.32. The van der Waals surface area contributed by atoms with Crippen LogP contribution in [0.1, 0.15) is 33.5 Å². The molecule has 1 aliphatic heterocycles. The first-order valence-electron chi connectivity index (χ1n) is 5.50. The molecule has 0 atom stereocenters. The molecule has 1 aromatic heterocycles. The van der Waals surface area contributed by atoms with E-state index in [0.29, 0.717) is 5.82 Å². The molecule has 4 nitrogen and oxygen atoms in total. The van der Waals surface area contributed by atoms with Gasteiger partial charge in [-0.2, -0.15) is 0 Å². The SMILES string of the molecule is C#Cc1ncc(B2OC(C)(C)C(C)(C)O2)cn1. The van der Waals surface area contributed by atoms with Gasteiger partial charge in [-0.25, -0.2) is 9.97 Å². The Balaban J connectivity index is 2.23. The third-order valence-corrected chi connectivity index (χ3v) is 3.33. The molecule has 5 heteroatoms. The van der Waals surface area contributed by atoms with Gasteiger partial charge in [0.1, 0.15) is 0 Å². The highest BCUT2D eigenvalue weighted by Crippen LogP contribution is 2.36. The largest absolute Gasteiger partial charge is 0.498 e. The summed E-state index contributed by atoms with van der Waals surface area (Å²) in [7, 11) is -0.438. The maximum Gasteiger partial charge on any atom is 0.498 e. The van der Waals surface area contributed by atoms with E-state index in [-0.39, 0.29) is 11.2 Å². The Morgan fingerprint density at radius 1 is 1.12 bits per heavy atom. The van der Waals surface area contributed by atoms with E-state index >= 15 is 0 Å². The van der Waals surface area contributed by atoms with Crippen molar-refractivity contribution in [1.82, 2.24) is 9.97 Å². The van der Waals surface area contributed by atoms with E-state index in [1.165, 1.54) is 0 Å². The molecule has 88 valence electrons. The van der Waals surface area contributed by atoms with Gasteiger partial charge in [0.25, 0.3) is 0 Å². The molecule has 2 heterocycles. The van der Waals surface area contributed by atoms with Crippen LogP contribution >= 0.6 is 0 Å². The normalized spacial score (nSPS) is 21.2. The molecule has 17 heavy (non-hydrogen) atoms. The van der Waals surface area contributed by atoms with Crippen molar-refractivity contribution < 1.29 is 9.31 Å². The minimum absolute atomic E-state index is 0.359. The Morgan fingerprint density at radius 2 is 1.59 bits per heavy atom. The lowest BCUT2D eigenvalue weighted by molar-refractivity contribution is 0.00578. The molecular formula is C12H15BN2O2. The summed E-state index contributed by atoms with van der Waals surface area (Å²) >= 11 is 0. The van der Waals surface area contributed by atoms with E-state index in [4.69, 9.17) is 15.7 Å². The van der Waals surface area contributed by atoms with Gasteiger partial charge in [-0.3, -0.25) is 0 Å². The summed E-state index contributed by atoms with van der Waals surface area (Å²) in [6.07, 6.45) is 8.49. The highest BCUT2D eigenvalue weighted by Gasteiger charge is 2.51. The summed E-state index contributed by atoms with van der Waals surface area (Å²) in [5.41, 5.74) is 0.0629. The van der Waals surface area contributed by atoms with Gasteiger partial charge in [-0.15, -0.1) is 6.42 Å². The Bertz CT molecular complexity index is 446. The van der Waals surface area contributed by atoms with E-state index < -0.39 is 7.12 Å². The van der Waals surface area contributed by atoms with Crippen molar-refractivity contribution >= 4 is 12.6 Å². The molecule has 1 aromatic rings. The minimum Gasteiger partial charge on any atom is -0.399 e. The first-order chi connectivity index (χ1) is 7.86. The van der Waals surface area contributed by atoms with E-state index in [1.807, 2.05) is 27.7 Å². The van der Waals surface area contributed by atoms with Crippen LogP contribution in [0.3, 0.4) is 0 Å². The Morgan fingerprint density at radius 3 is 2.00 bits per heavy atom. The van der Waals surface area contributed by atoms with Crippen molar-refractivity contribution in [3.8, 4) is 12.3 Å². The lowest BCUT2D eigenvalue weighted by atomic mass is 9.81. The van der Waals surface area contributed by atoms with Crippen LogP contribution in [-0.4, -0.2) is 28.3 Å². The highest BCUT2D eigenvalue weighted by atomic mass is 16.7. The summed E-state index contributed by atoms with van der Waals surface area (Å²) in [5, 5.41) is 0. The predicted octanol–water partition coefficient (Wildman–Crippen LogP) is 0.757. The number of aromatic nitrogens is 2. The predicted molar refractivity (Wildman–Crippen MR) is 65.7 cm³/mol. The third kappa shape index (κ3) is 2.06. The van der Waals surface area contributed by atoms with Gasteiger partial charge in [0.05, 0.1) is 11.2 Å². The number of nitrogens with zero attached hydrogens (tertiary/aromatic N) is 2. The van der Waals surface area contributed by atoms with Crippen LogP contribution in [0.4, 0.5) is 0 Å². The molecule has 0 aromatic carbocycles. The second kappa shape index (κ2) is 3.83. The first kappa shape index (κ1) is 12.1. The molecule has 0 spiro atoms. The first-order valence-corrected chi connectivity index (χ1v) is 5.50. The van der Waals surface area contributed by atoms with Gasteiger partial charge >= 0.3 is 7.12 Å². The molecule has 0 radical (unpaired) electrons. The number of terminal acetylenes is 1. The van der Waals surface area contributed by atoms with Crippen LogP contribution in [0.15, 0.2) is 12.4 Å². The Labute approximate surface area is 102 Å². The van der Waals surface area contributed by atoms with Crippen LogP contribution in [0.25, 0.3) is 0 Å². The van der Waals surface area contributed by atoms with E-state index in [9.17, 15) is 0 Å². The fraction of sp³-hybridized carbons (Fsp3) is 0.500. The summed E-state index contributed by atoms with van der Waals surface area (Å²) in [6, 6.07) is 0. The molecule has 1 fully saturated rings. The minimum atomic E-state index is -0.438. The van der Waals surface area contributed by atoms with Gasteiger partial charge in [0.15, 0.2) is 0 Å². The van der Waals surface area contributed by atoms with Crippen LogP contribution in [0.5, 0.6) is 0 Å². The molecule has 0 aliphatic carbocycles. The molecule has 0 amide bonds. The van der Waals surface area contributed by atoms with Crippen molar-refractivity contribution in [3.63, 3.8) is 0 Å². The van der Waals surface area contributed by atoms with Crippen LogP contribution in [-0.2, 0) is 9.31 Å². The zero-order chi connectivity index (χ0) is 12.7. The van der Waals surface area contributed by atoms with Crippen molar-refractivity contribution in [1.29, 1.82) is 0 Å². The molecule has 0 unspecified atom stereocenters. The topological polar surface area (TPSA) is 44.2 Å². The number of rotatable bonds is 1. The van der Waals surface area contributed by atoms with E-state index in [1.54, 1.807) is 12.4 Å². The fourth-order valence-corrected chi connectivity index (χ4v) is 1.51. The second-order valence-corrected chi connectivity index (χ2v) is 5.07. The molecule has 0 saturated carbocycles. The zero-order valence-electron chi connectivity index (χ0n) is 10.5. The molecular weight excluding hydrogens is 215 g/mol. The smallest absolute Gasteiger partial charge is 0.399 e. The summed E-state index contributed by atoms with van der Waals surface area (Å²) in [5.74, 6) is 2.74. The van der Waals surface area contributed by atoms with Gasteiger partial charge in [-0.1, -0.05) is 0 Å². The Hall–Kier alpha value is -1.38. The van der Waals surface area contributed by atoms with Crippen molar-refractivity contribution in [2.45, 2.75) is 38.9 Å². The van der Waals surface area contributed by atoms with Crippen LogP contribution in [0.2, 0.25) is 0 Å². The third-order valence-electron chi connectivity index (χ3n) is 3.33. The zero-order valence-corrected chi connectivity index (χ0v) is 10.5. The molecule has 1 aliphatic rings. The molecule has 0 N–H and O–H groups in total. The van der Waals surface area contributed by atoms with Crippen molar-refractivity contribution in [3.05, 3.63) is 18.2 Å². The van der Waals surface area contributed by atoms with E-state index in [2.05, 4.69) is 15.9 Å². The van der Waals surface area contributed by atoms with Gasteiger partial charge in [-0.05, 0) is 33.6 Å². The average molecular weight is 230 g/mol. The van der Waals surface area contributed by atoms with Crippen LogP contribution in [0, 0.1) is 12.3 Å². The maximum atomic E-state index is 5.87. The molecule has 1 saturated heterocycles. The summed E-state index contributed by atoms with van der Waals surface area (Å²) < 4.78 is 11.7. The monoisotopic (exact) mass is 230 g/mol. The van der Waals surface area contributed by atoms with Crippen LogP contribution < -0.4 is 5.46 Å². The summed E-state index contributed by atoms with van der Waals surface area (Å²) in [6.45, 7) is 8.01. The quantitative estimate of drug-likeness (QED) is 0.527. The fourth-order valence-electron chi connectivity index (χ4n) is 1.51.